The first kappa shape index (κ1) is 17.4. The van der Waals surface area contributed by atoms with E-state index in [1.807, 2.05) is 0 Å². The van der Waals surface area contributed by atoms with Gasteiger partial charge < -0.3 is 15.2 Å². The quantitative estimate of drug-likeness (QED) is 0.844. The van der Waals surface area contributed by atoms with Crippen LogP contribution >= 0.6 is 15.9 Å². The maximum atomic E-state index is 12.9. The highest BCUT2D eigenvalue weighted by molar-refractivity contribution is 9.10. The second-order valence-electron chi connectivity index (χ2n) is 5.57. The molecule has 0 heterocycles. The fourth-order valence-electron chi connectivity index (χ4n) is 1.59. The van der Waals surface area contributed by atoms with E-state index < -0.39 is 29.2 Å². The molecule has 7 heteroatoms. The van der Waals surface area contributed by atoms with Gasteiger partial charge in [-0.25, -0.2) is 9.18 Å². The van der Waals surface area contributed by atoms with Crippen LogP contribution in [-0.4, -0.2) is 29.6 Å². The first-order chi connectivity index (χ1) is 9.61. The zero-order chi connectivity index (χ0) is 16.2. The molecule has 0 saturated heterocycles. The molecule has 0 aliphatic heterocycles. The highest BCUT2D eigenvalue weighted by Crippen LogP contribution is 2.25. The summed E-state index contributed by atoms with van der Waals surface area (Å²) in [7, 11) is 0. The third-order valence-corrected chi connectivity index (χ3v) is 3.29. The summed E-state index contributed by atoms with van der Waals surface area (Å²) >= 11 is 3.11. The van der Waals surface area contributed by atoms with E-state index >= 15 is 0 Å². The number of carboxylic acid groups (broad SMARTS) is 1. The second-order valence-corrected chi connectivity index (χ2v) is 6.42. The molecule has 0 aliphatic rings. The van der Waals surface area contributed by atoms with Gasteiger partial charge in [0.2, 0.25) is 0 Å². The van der Waals surface area contributed by atoms with Crippen LogP contribution in [0.1, 0.15) is 20.8 Å². The third-order valence-electron chi connectivity index (χ3n) is 2.67. The summed E-state index contributed by atoms with van der Waals surface area (Å²) in [6.07, 6.45) is 0. The minimum absolute atomic E-state index is 0.300. The Balaban J connectivity index is 2.63. The Labute approximate surface area is 130 Å². The lowest BCUT2D eigenvalue weighted by atomic mass is 9.87. The minimum Gasteiger partial charge on any atom is -0.483 e. The van der Waals surface area contributed by atoms with Crippen LogP contribution in [-0.2, 0) is 9.59 Å². The number of carboxylic acids is 1. The number of benzene rings is 1. The normalized spacial score (nSPS) is 12.6. The molecule has 0 saturated carbocycles. The lowest BCUT2D eigenvalue weighted by Crippen LogP contribution is -2.50. The molecule has 2 N–H and O–H groups in total. The smallest absolute Gasteiger partial charge is 0.326 e. The van der Waals surface area contributed by atoms with Crippen LogP contribution in [0.3, 0.4) is 0 Å². The Morgan fingerprint density at radius 3 is 2.52 bits per heavy atom. The molecule has 5 nitrogen and oxygen atoms in total. The van der Waals surface area contributed by atoms with Crippen molar-refractivity contribution >= 4 is 27.8 Å². The van der Waals surface area contributed by atoms with E-state index in [0.29, 0.717) is 10.2 Å². The van der Waals surface area contributed by atoms with E-state index in [1.165, 1.54) is 18.2 Å². The average Bonchev–Trinajstić information content (AvgIpc) is 2.33. The number of halogens is 2. The maximum absolute atomic E-state index is 12.9. The Kier molecular flexibility index (Phi) is 5.71. The van der Waals surface area contributed by atoms with Gasteiger partial charge in [-0.15, -0.1) is 0 Å². The molecule has 0 bridgehead atoms. The molecule has 1 aromatic rings. The molecule has 1 aromatic carbocycles. The molecule has 0 aliphatic carbocycles. The van der Waals surface area contributed by atoms with E-state index in [0.717, 1.165) is 0 Å². The molecular formula is C14H17BrFNO4. The van der Waals surface area contributed by atoms with Crippen LogP contribution in [0.2, 0.25) is 0 Å². The Bertz CT molecular complexity index is 542. The number of nitrogens with one attached hydrogen (secondary N) is 1. The molecule has 0 spiro atoms. The SMILES string of the molecule is CC(C)(C)C(NC(=O)COc1ccc(F)cc1Br)C(=O)O. The van der Waals surface area contributed by atoms with Crippen LogP contribution in [0.4, 0.5) is 4.39 Å². The van der Waals surface area contributed by atoms with Crippen molar-refractivity contribution in [2.45, 2.75) is 26.8 Å². The number of rotatable bonds is 5. The lowest BCUT2D eigenvalue weighted by molar-refractivity contribution is -0.145. The van der Waals surface area contributed by atoms with Crippen LogP contribution < -0.4 is 10.1 Å². The van der Waals surface area contributed by atoms with Gasteiger partial charge in [-0.05, 0) is 39.5 Å². The highest BCUT2D eigenvalue weighted by Gasteiger charge is 2.32. The van der Waals surface area contributed by atoms with Crippen LogP contribution in [0.15, 0.2) is 22.7 Å². The van der Waals surface area contributed by atoms with Crippen molar-refractivity contribution in [3.63, 3.8) is 0 Å². The first-order valence-electron chi connectivity index (χ1n) is 6.21. The summed E-state index contributed by atoms with van der Waals surface area (Å²) < 4.78 is 18.5. The van der Waals surface area contributed by atoms with Crippen LogP contribution in [0.25, 0.3) is 0 Å². The summed E-state index contributed by atoms with van der Waals surface area (Å²) in [6.45, 7) is 4.78. The lowest BCUT2D eigenvalue weighted by Gasteiger charge is -2.27. The summed E-state index contributed by atoms with van der Waals surface area (Å²) in [6, 6.07) is 2.77. The molecular weight excluding hydrogens is 345 g/mol. The maximum Gasteiger partial charge on any atom is 0.326 e. The summed E-state index contributed by atoms with van der Waals surface area (Å²) in [5, 5.41) is 11.5. The van der Waals surface area contributed by atoms with E-state index in [2.05, 4.69) is 21.2 Å². The molecule has 21 heavy (non-hydrogen) atoms. The van der Waals surface area contributed by atoms with Gasteiger partial charge in [-0.2, -0.15) is 0 Å². The number of hydrogen-bond acceptors (Lipinski definition) is 3. The number of aliphatic carboxylic acids is 1. The molecule has 0 aromatic heterocycles. The van der Waals surface area contributed by atoms with Crippen molar-refractivity contribution < 1.29 is 23.8 Å². The minimum atomic E-state index is -1.11. The Morgan fingerprint density at radius 1 is 1.43 bits per heavy atom. The van der Waals surface area contributed by atoms with Gasteiger partial charge in [-0.1, -0.05) is 20.8 Å². The molecule has 0 fully saturated rings. The third kappa shape index (κ3) is 5.34. The number of amides is 1. The van der Waals surface area contributed by atoms with E-state index in [4.69, 9.17) is 9.84 Å². The number of ether oxygens (including phenoxy) is 1. The molecule has 1 atom stereocenters. The summed E-state index contributed by atoms with van der Waals surface area (Å²) in [5.74, 6) is -1.81. The Hall–Kier alpha value is -1.63. The molecule has 1 rings (SSSR count). The van der Waals surface area contributed by atoms with Crippen molar-refractivity contribution in [3.8, 4) is 5.75 Å². The molecule has 0 radical (unpaired) electrons. The fourth-order valence-corrected chi connectivity index (χ4v) is 2.05. The van der Waals surface area contributed by atoms with Crippen molar-refractivity contribution in [1.82, 2.24) is 5.32 Å². The van der Waals surface area contributed by atoms with Gasteiger partial charge >= 0.3 is 5.97 Å². The predicted octanol–water partition coefficient (Wildman–Crippen LogP) is 2.58. The van der Waals surface area contributed by atoms with Crippen molar-refractivity contribution in [2.24, 2.45) is 5.41 Å². The predicted molar refractivity (Wildman–Crippen MR) is 78.6 cm³/mol. The number of hydrogen-bond donors (Lipinski definition) is 2. The topological polar surface area (TPSA) is 75.6 Å². The van der Waals surface area contributed by atoms with Gasteiger partial charge in [0, 0.05) is 0 Å². The largest absolute Gasteiger partial charge is 0.483 e. The zero-order valence-electron chi connectivity index (χ0n) is 11.9. The second kappa shape index (κ2) is 6.89. The first-order valence-corrected chi connectivity index (χ1v) is 7.00. The van der Waals surface area contributed by atoms with E-state index in [-0.39, 0.29) is 6.61 Å². The molecule has 1 unspecified atom stereocenters. The van der Waals surface area contributed by atoms with Crippen molar-refractivity contribution in [2.75, 3.05) is 6.61 Å². The van der Waals surface area contributed by atoms with Gasteiger partial charge in [0.15, 0.2) is 6.61 Å². The van der Waals surface area contributed by atoms with Crippen LogP contribution in [0, 0.1) is 11.2 Å². The van der Waals surface area contributed by atoms with Gasteiger partial charge in [0.25, 0.3) is 5.91 Å². The number of carbonyl (C=O) groups excluding carboxylic acids is 1. The van der Waals surface area contributed by atoms with Gasteiger partial charge in [0.1, 0.15) is 17.6 Å². The summed E-state index contributed by atoms with van der Waals surface area (Å²) in [5.41, 5.74) is -0.627. The monoisotopic (exact) mass is 361 g/mol. The van der Waals surface area contributed by atoms with Crippen molar-refractivity contribution in [3.05, 3.63) is 28.5 Å². The average molecular weight is 362 g/mol. The van der Waals surface area contributed by atoms with E-state index in [9.17, 15) is 14.0 Å². The van der Waals surface area contributed by atoms with Gasteiger partial charge in [-0.3, -0.25) is 4.79 Å². The van der Waals surface area contributed by atoms with Crippen LogP contribution in [0.5, 0.6) is 5.75 Å². The summed E-state index contributed by atoms with van der Waals surface area (Å²) in [4.78, 5) is 22.9. The Morgan fingerprint density at radius 2 is 2.05 bits per heavy atom. The van der Waals surface area contributed by atoms with Crippen molar-refractivity contribution in [1.29, 1.82) is 0 Å². The van der Waals surface area contributed by atoms with E-state index in [1.54, 1.807) is 20.8 Å². The zero-order valence-corrected chi connectivity index (χ0v) is 13.5. The fraction of sp³-hybridized carbons (Fsp3) is 0.429. The number of carbonyl (C=O) groups is 2. The highest BCUT2D eigenvalue weighted by atomic mass is 79.9. The molecule has 116 valence electrons. The molecule has 1 amide bonds. The standard InChI is InChI=1S/C14H17BrFNO4/c1-14(2,3)12(13(19)20)17-11(18)7-21-10-5-4-8(16)6-9(10)15/h4-6,12H,7H2,1-3H3,(H,17,18)(H,19,20). The van der Waals surface area contributed by atoms with Gasteiger partial charge in [0.05, 0.1) is 4.47 Å².